The van der Waals surface area contributed by atoms with Crippen molar-refractivity contribution in [3.05, 3.63) is 72.6 Å². The van der Waals surface area contributed by atoms with Crippen molar-refractivity contribution in [3.63, 3.8) is 0 Å². The minimum Gasteiger partial charge on any atom is -0.493 e. The molecule has 0 atom stereocenters. The Labute approximate surface area is 193 Å². The van der Waals surface area contributed by atoms with Crippen molar-refractivity contribution < 1.29 is 23.7 Å². The van der Waals surface area contributed by atoms with Gasteiger partial charge in [-0.3, -0.25) is 4.90 Å². The molecule has 0 aliphatic carbocycles. The number of nitrogens with zero attached hydrogens (tertiary/aromatic N) is 3. The molecule has 1 aromatic heterocycles. The standard InChI is InChI=1S/C25H30FN3O4/c1-31-23-7-6-20(16-24(23)32-15-14-29-13-10-27-19-29)17-28-11-8-25(30,9-12-28)18-33-22-5-3-2-4-21(22)26/h2-7,10,13,16,19,30H,8-9,11-12,14-15,17-18H2,1H3. The van der Waals surface area contributed by atoms with Crippen molar-refractivity contribution in [2.24, 2.45) is 0 Å². The van der Waals surface area contributed by atoms with E-state index in [-0.39, 0.29) is 12.4 Å². The normalized spacial score (nSPS) is 15.8. The SMILES string of the molecule is COc1ccc(CN2CCC(O)(COc3ccccc3F)CC2)cc1OCCn1ccnc1. The number of rotatable bonds is 10. The lowest BCUT2D eigenvalue weighted by atomic mass is 9.92. The minimum atomic E-state index is -0.958. The summed E-state index contributed by atoms with van der Waals surface area (Å²) in [6, 6.07) is 12.2. The first-order chi connectivity index (χ1) is 16.0. The Bertz CT molecular complexity index is 1020. The van der Waals surface area contributed by atoms with Gasteiger partial charge in [0, 0.05) is 32.0 Å². The molecule has 4 rings (SSSR count). The smallest absolute Gasteiger partial charge is 0.165 e. The van der Waals surface area contributed by atoms with E-state index in [2.05, 4.69) is 9.88 Å². The van der Waals surface area contributed by atoms with Gasteiger partial charge in [-0.1, -0.05) is 18.2 Å². The Morgan fingerprint density at radius 3 is 2.61 bits per heavy atom. The lowest BCUT2D eigenvalue weighted by molar-refractivity contribution is -0.0543. The van der Waals surface area contributed by atoms with Gasteiger partial charge in [0.2, 0.25) is 0 Å². The molecule has 0 saturated carbocycles. The summed E-state index contributed by atoms with van der Waals surface area (Å²) in [4.78, 5) is 6.32. The number of piperidine rings is 1. The van der Waals surface area contributed by atoms with E-state index in [0.29, 0.717) is 37.5 Å². The number of aliphatic hydroxyl groups is 1. The van der Waals surface area contributed by atoms with Gasteiger partial charge >= 0.3 is 0 Å². The number of ether oxygens (including phenoxy) is 3. The molecule has 3 aromatic rings. The number of aromatic nitrogens is 2. The fraction of sp³-hybridized carbons (Fsp3) is 0.400. The van der Waals surface area contributed by atoms with Crippen LogP contribution in [0.5, 0.6) is 17.2 Å². The second-order valence-corrected chi connectivity index (χ2v) is 8.35. The monoisotopic (exact) mass is 455 g/mol. The number of likely N-dealkylation sites (tertiary alicyclic amines) is 1. The topological polar surface area (TPSA) is 69.0 Å². The number of hydrogen-bond acceptors (Lipinski definition) is 6. The van der Waals surface area contributed by atoms with E-state index < -0.39 is 11.4 Å². The number of benzene rings is 2. The maximum absolute atomic E-state index is 13.8. The summed E-state index contributed by atoms with van der Waals surface area (Å²) < 4.78 is 32.7. The highest BCUT2D eigenvalue weighted by Gasteiger charge is 2.33. The number of hydrogen-bond donors (Lipinski definition) is 1. The Morgan fingerprint density at radius 2 is 1.88 bits per heavy atom. The molecular formula is C25H30FN3O4. The molecule has 33 heavy (non-hydrogen) atoms. The molecule has 2 aromatic carbocycles. The number of methoxy groups -OCH3 is 1. The van der Waals surface area contributed by atoms with Gasteiger partial charge in [0.05, 0.1) is 20.0 Å². The third-order valence-corrected chi connectivity index (χ3v) is 5.92. The van der Waals surface area contributed by atoms with Crippen molar-refractivity contribution in [1.29, 1.82) is 0 Å². The first-order valence-electron chi connectivity index (χ1n) is 11.1. The minimum absolute atomic E-state index is 0.0826. The molecule has 0 amide bonds. The van der Waals surface area contributed by atoms with Crippen LogP contribution < -0.4 is 14.2 Å². The summed E-state index contributed by atoms with van der Waals surface area (Å²) in [7, 11) is 1.63. The Balaban J connectivity index is 1.29. The molecule has 1 N–H and O–H groups in total. The van der Waals surface area contributed by atoms with Crippen LogP contribution >= 0.6 is 0 Å². The van der Waals surface area contributed by atoms with Gasteiger partial charge < -0.3 is 23.9 Å². The summed E-state index contributed by atoms with van der Waals surface area (Å²) in [5.41, 5.74) is 0.154. The maximum Gasteiger partial charge on any atom is 0.165 e. The van der Waals surface area contributed by atoms with Crippen LogP contribution in [0, 0.1) is 5.82 Å². The molecule has 0 unspecified atom stereocenters. The molecular weight excluding hydrogens is 425 g/mol. The van der Waals surface area contributed by atoms with Crippen LogP contribution in [0.1, 0.15) is 18.4 Å². The summed E-state index contributed by atoms with van der Waals surface area (Å²) >= 11 is 0. The Hall–Kier alpha value is -3.10. The van der Waals surface area contributed by atoms with Crippen LogP contribution in [-0.4, -0.2) is 58.6 Å². The molecule has 176 valence electrons. The molecule has 1 fully saturated rings. The van der Waals surface area contributed by atoms with E-state index in [1.807, 2.05) is 29.0 Å². The quantitative estimate of drug-likeness (QED) is 0.505. The summed E-state index contributed by atoms with van der Waals surface area (Å²) in [5.74, 6) is 1.16. The summed E-state index contributed by atoms with van der Waals surface area (Å²) in [6.45, 7) is 3.48. The molecule has 8 heteroatoms. The highest BCUT2D eigenvalue weighted by molar-refractivity contribution is 5.43. The number of halogens is 1. The molecule has 1 aliphatic rings. The molecule has 2 heterocycles. The fourth-order valence-electron chi connectivity index (χ4n) is 3.92. The zero-order valence-corrected chi connectivity index (χ0v) is 18.8. The number of imidazole rings is 1. The van der Waals surface area contributed by atoms with Gasteiger partial charge in [-0.25, -0.2) is 9.37 Å². The van der Waals surface area contributed by atoms with Crippen LogP contribution in [-0.2, 0) is 13.1 Å². The second-order valence-electron chi connectivity index (χ2n) is 8.35. The Morgan fingerprint density at radius 1 is 1.06 bits per heavy atom. The van der Waals surface area contributed by atoms with E-state index in [1.54, 1.807) is 37.8 Å². The fourth-order valence-corrected chi connectivity index (χ4v) is 3.92. The van der Waals surface area contributed by atoms with Crippen molar-refractivity contribution in [1.82, 2.24) is 14.5 Å². The average molecular weight is 456 g/mol. The van der Waals surface area contributed by atoms with Crippen LogP contribution in [0.25, 0.3) is 0 Å². The first-order valence-corrected chi connectivity index (χ1v) is 11.1. The van der Waals surface area contributed by atoms with Gasteiger partial charge in [-0.15, -0.1) is 0 Å². The van der Waals surface area contributed by atoms with Gasteiger partial charge in [0.1, 0.15) is 18.8 Å². The summed E-state index contributed by atoms with van der Waals surface area (Å²) in [5, 5.41) is 10.9. The second kappa shape index (κ2) is 10.7. The number of para-hydroxylation sites is 1. The molecule has 0 radical (unpaired) electrons. The van der Waals surface area contributed by atoms with Gasteiger partial charge in [0.15, 0.2) is 23.1 Å². The average Bonchev–Trinajstić information content (AvgIpc) is 3.34. The zero-order valence-electron chi connectivity index (χ0n) is 18.8. The highest BCUT2D eigenvalue weighted by Crippen LogP contribution is 2.30. The molecule has 1 saturated heterocycles. The summed E-state index contributed by atoms with van der Waals surface area (Å²) in [6.07, 6.45) is 6.52. The first kappa shape index (κ1) is 23.1. The van der Waals surface area contributed by atoms with Crippen LogP contribution in [0.15, 0.2) is 61.2 Å². The molecule has 0 bridgehead atoms. The Kier molecular flexibility index (Phi) is 7.47. The van der Waals surface area contributed by atoms with E-state index in [1.165, 1.54) is 6.07 Å². The van der Waals surface area contributed by atoms with Crippen LogP contribution in [0.4, 0.5) is 4.39 Å². The van der Waals surface area contributed by atoms with Gasteiger partial charge in [0.25, 0.3) is 0 Å². The van der Waals surface area contributed by atoms with Crippen molar-refractivity contribution in [2.75, 3.05) is 33.4 Å². The van der Waals surface area contributed by atoms with Crippen LogP contribution in [0.3, 0.4) is 0 Å². The van der Waals surface area contributed by atoms with E-state index in [4.69, 9.17) is 14.2 Å². The largest absolute Gasteiger partial charge is 0.493 e. The van der Waals surface area contributed by atoms with E-state index in [9.17, 15) is 9.50 Å². The lowest BCUT2D eigenvalue weighted by Crippen LogP contribution is -2.47. The van der Waals surface area contributed by atoms with Gasteiger partial charge in [-0.05, 0) is 42.7 Å². The highest BCUT2D eigenvalue weighted by atomic mass is 19.1. The van der Waals surface area contributed by atoms with Gasteiger partial charge in [-0.2, -0.15) is 0 Å². The third kappa shape index (κ3) is 6.24. The maximum atomic E-state index is 13.8. The van der Waals surface area contributed by atoms with Crippen molar-refractivity contribution in [2.45, 2.75) is 31.5 Å². The lowest BCUT2D eigenvalue weighted by Gasteiger charge is -2.38. The molecule has 1 aliphatic heterocycles. The van der Waals surface area contributed by atoms with Crippen molar-refractivity contribution >= 4 is 0 Å². The molecule has 0 spiro atoms. The van der Waals surface area contributed by atoms with Crippen molar-refractivity contribution in [3.8, 4) is 17.2 Å². The predicted molar refractivity (Wildman–Crippen MR) is 122 cm³/mol. The van der Waals surface area contributed by atoms with E-state index in [0.717, 1.165) is 25.2 Å². The third-order valence-electron chi connectivity index (χ3n) is 5.92. The van der Waals surface area contributed by atoms with Crippen LogP contribution in [0.2, 0.25) is 0 Å². The zero-order chi connectivity index (χ0) is 23.1. The molecule has 7 nitrogen and oxygen atoms in total. The predicted octanol–water partition coefficient (Wildman–Crippen LogP) is 3.52. The van der Waals surface area contributed by atoms with E-state index >= 15 is 0 Å².